The molecule has 0 spiro atoms. The smallest absolute Gasteiger partial charge is 0.469 e. The van der Waals surface area contributed by atoms with E-state index in [0.717, 1.165) is 11.8 Å². The SMILES string of the molecule is C=CC(=O)Nc1cc(N2CCN(CCOP(=O)(O)O)CC2)ccc1Nc1cc(N(C)C(=O)Nc2c(Cl)c(OC)cc(OC)c2Cl)ncn1. The predicted octanol–water partition coefficient (Wildman–Crippen LogP) is 4.57. The zero-order valence-electron chi connectivity index (χ0n) is 26.3. The van der Waals surface area contributed by atoms with Crippen molar-refractivity contribution in [3.63, 3.8) is 0 Å². The molecule has 0 unspecified atom stereocenters. The summed E-state index contributed by atoms with van der Waals surface area (Å²) < 4.78 is 26.0. The van der Waals surface area contributed by atoms with Gasteiger partial charge in [0.1, 0.15) is 39.5 Å². The van der Waals surface area contributed by atoms with Gasteiger partial charge in [-0.05, 0) is 24.3 Å². The molecule has 16 nitrogen and oxygen atoms in total. The van der Waals surface area contributed by atoms with Gasteiger partial charge in [-0.25, -0.2) is 19.3 Å². The molecule has 0 aliphatic carbocycles. The highest BCUT2D eigenvalue weighted by Crippen LogP contribution is 2.44. The summed E-state index contributed by atoms with van der Waals surface area (Å²) in [6.45, 7) is 6.42. The molecule has 3 amide bonds. The van der Waals surface area contributed by atoms with E-state index >= 15 is 0 Å². The molecule has 0 saturated carbocycles. The van der Waals surface area contributed by atoms with Gasteiger partial charge in [-0.2, -0.15) is 0 Å². The summed E-state index contributed by atoms with van der Waals surface area (Å²) >= 11 is 12.8. The molecule has 0 atom stereocenters. The highest BCUT2D eigenvalue weighted by Gasteiger charge is 2.23. The standard InChI is InChI=1S/C29H35Cl2N8O8P/c1-5-25(40)35-20-14-18(39-10-8-38(9-11-39)12-13-47-48(42,43)44)6-7-19(20)34-23-16-24(33-17-32-23)37(2)29(41)36-28-26(30)21(45-3)15-22(46-4)27(28)31/h5-7,14-17H,1,8-13H2,2-4H3,(H,35,40)(H,36,41)(H,32,33,34)(H2,42,43,44). The van der Waals surface area contributed by atoms with Gasteiger partial charge >= 0.3 is 13.9 Å². The van der Waals surface area contributed by atoms with Crippen LogP contribution >= 0.6 is 31.0 Å². The second-order valence-electron chi connectivity index (χ2n) is 10.2. The Morgan fingerprint density at radius 2 is 1.69 bits per heavy atom. The van der Waals surface area contributed by atoms with Crippen LogP contribution in [0.3, 0.4) is 0 Å². The number of carbonyl (C=O) groups is 2. The monoisotopic (exact) mass is 724 g/mol. The maximum absolute atomic E-state index is 13.2. The first-order chi connectivity index (χ1) is 22.8. The zero-order valence-corrected chi connectivity index (χ0v) is 28.7. The minimum atomic E-state index is -4.51. The summed E-state index contributed by atoms with van der Waals surface area (Å²) in [5, 5.41) is 8.82. The lowest BCUT2D eigenvalue weighted by Gasteiger charge is -2.36. The maximum atomic E-state index is 13.2. The number of amides is 3. The molecule has 19 heteroatoms. The number of phosphoric ester groups is 1. The third-order valence-electron chi connectivity index (χ3n) is 7.22. The Morgan fingerprint density at radius 3 is 2.29 bits per heavy atom. The van der Waals surface area contributed by atoms with Crippen molar-refractivity contribution in [2.75, 3.05) is 86.3 Å². The Kier molecular flexibility index (Phi) is 12.5. The van der Waals surface area contributed by atoms with E-state index in [2.05, 4.69) is 41.9 Å². The largest absolute Gasteiger partial charge is 0.495 e. The van der Waals surface area contributed by atoms with Gasteiger partial charge < -0.3 is 40.1 Å². The van der Waals surface area contributed by atoms with Crippen LogP contribution in [0.2, 0.25) is 10.0 Å². The molecule has 2 heterocycles. The number of nitrogens with zero attached hydrogens (tertiary/aromatic N) is 5. The second kappa shape index (κ2) is 16.3. The summed E-state index contributed by atoms with van der Waals surface area (Å²) in [7, 11) is -0.169. The van der Waals surface area contributed by atoms with E-state index in [1.54, 1.807) is 6.07 Å². The molecule has 3 aromatic rings. The van der Waals surface area contributed by atoms with E-state index in [1.165, 1.54) is 44.6 Å². The molecule has 1 saturated heterocycles. The van der Waals surface area contributed by atoms with E-state index < -0.39 is 19.8 Å². The normalized spacial score (nSPS) is 13.4. The van der Waals surface area contributed by atoms with Crippen molar-refractivity contribution in [1.29, 1.82) is 0 Å². The number of halogens is 2. The molecule has 258 valence electrons. The highest BCUT2D eigenvalue weighted by atomic mass is 35.5. The Hall–Kier alpha value is -4.15. The molecule has 2 aromatic carbocycles. The number of piperazine rings is 1. The van der Waals surface area contributed by atoms with Crippen LogP contribution < -0.4 is 35.2 Å². The van der Waals surface area contributed by atoms with Crippen molar-refractivity contribution >= 4 is 77.3 Å². The van der Waals surface area contributed by atoms with E-state index in [9.17, 15) is 14.2 Å². The molecular weight excluding hydrogens is 690 g/mol. The minimum Gasteiger partial charge on any atom is -0.495 e. The Morgan fingerprint density at radius 1 is 1.02 bits per heavy atom. The second-order valence-corrected chi connectivity index (χ2v) is 12.2. The number of urea groups is 1. The zero-order chi connectivity index (χ0) is 35.0. The molecule has 48 heavy (non-hydrogen) atoms. The van der Waals surface area contributed by atoms with Crippen LogP contribution in [0.1, 0.15) is 0 Å². The fourth-order valence-corrected chi connectivity index (χ4v) is 5.59. The summed E-state index contributed by atoms with van der Waals surface area (Å²) in [6.07, 6.45) is 2.43. The first kappa shape index (κ1) is 36.7. The van der Waals surface area contributed by atoms with E-state index in [4.69, 9.17) is 42.5 Å². The van der Waals surface area contributed by atoms with Gasteiger partial charge in [-0.3, -0.25) is 19.1 Å². The average molecular weight is 726 g/mol. The molecule has 1 aliphatic rings. The summed E-state index contributed by atoms with van der Waals surface area (Å²) in [5.41, 5.74) is 1.91. The van der Waals surface area contributed by atoms with Crippen molar-refractivity contribution < 1.29 is 37.9 Å². The number of nitrogens with one attached hydrogen (secondary N) is 3. The predicted molar refractivity (Wildman–Crippen MR) is 184 cm³/mol. The molecule has 1 aromatic heterocycles. The number of anilines is 6. The van der Waals surface area contributed by atoms with Gasteiger partial charge in [0.25, 0.3) is 0 Å². The number of hydrogen-bond acceptors (Lipinski definition) is 11. The molecule has 1 aliphatic heterocycles. The minimum absolute atomic E-state index is 0.0756. The third kappa shape index (κ3) is 9.48. The third-order valence-corrected chi connectivity index (χ3v) is 8.49. The van der Waals surface area contributed by atoms with E-state index in [1.807, 2.05) is 17.0 Å². The average Bonchev–Trinajstić information content (AvgIpc) is 3.07. The number of benzene rings is 2. The van der Waals surface area contributed by atoms with E-state index in [0.29, 0.717) is 49.9 Å². The molecule has 4 rings (SSSR count). The molecule has 0 bridgehead atoms. The summed E-state index contributed by atoms with van der Waals surface area (Å²) in [6, 6.07) is 7.91. The number of methoxy groups -OCH3 is 2. The Bertz CT molecular complexity index is 1680. The van der Waals surface area contributed by atoms with Gasteiger partial charge in [0, 0.05) is 57.6 Å². The van der Waals surface area contributed by atoms with Crippen LogP contribution in [0.4, 0.5) is 39.2 Å². The van der Waals surface area contributed by atoms with Gasteiger partial charge in [-0.1, -0.05) is 29.8 Å². The number of ether oxygens (including phenoxy) is 2. The van der Waals surface area contributed by atoms with Crippen LogP contribution in [0.25, 0.3) is 0 Å². The van der Waals surface area contributed by atoms with Crippen molar-refractivity contribution in [3.8, 4) is 11.5 Å². The topological polar surface area (TPSA) is 191 Å². The number of rotatable bonds is 13. The number of carbonyl (C=O) groups excluding carboxylic acids is 2. The van der Waals surface area contributed by atoms with Crippen LogP contribution in [0.15, 0.2) is 49.3 Å². The highest BCUT2D eigenvalue weighted by molar-refractivity contribution is 7.46. The van der Waals surface area contributed by atoms with Gasteiger partial charge in [0.2, 0.25) is 5.91 Å². The lowest BCUT2D eigenvalue weighted by Crippen LogP contribution is -2.47. The lowest BCUT2D eigenvalue weighted by atomic mass is 10.2. The molecule has 0 radical (unpaired) electrons. The summed E-state index contributed by atoms with van der Waals surface area (Å²) in [5.74, 6) is 0.638. The quantitative estimate of drug-likeness (QED) is 0.122. The number of aromatic nitrogens is 2. The van der Waals surface area contributed by atoms with Crippen LogP contribution in [-0.2, 0) is 13.9 Å². The van der Waals surface area contributed by atoms with Crippen LogP contribution in [0, 0.1) is 0 Å². The van der Waals surface area contributed by atoms with Crippen LogP contribution in [0.5, 0.6) is 11.5 Å². The van der Waals surface area contributed by atoms with Crippen molar-refractivity contribution in [2.45, 2.75) is 0 Å². The van der Waals surface area contributed by atoms with Crippen molar-refractivity contribution in [1.82, 2.24) is 14.9 Å². The Labute approximate surface area is 286 Å². The maximum Gasteiger partial charge on any atom is 0.469 e. The first-order valence-corrected chi connectivity index (χ1v) is 16.6. The van der Waals surface area contributed by atoms with E-state index in [-0.39, 0.29) is 39.7 Å². The van der Waals surface area contributed by atoms with Gasteiger partial charge in [-0.15, -0.1) is 0 Å². The van der Waals surface area contributed by atoms with Crippen molar-refractivity contribution in [3.05, 3.63) is 59.4 Å². The molecule has 1 fully saturated rings. The lowest BCUT2D eigenvalue weighted by molar-refractivity contribution is -0.111. The van der Waals surface area contributed by atoms with Gasteiger partial charge in [0.05, 0.1) is 37.9 Å². The fourth-order valence-electron chi connectivity index (χ4n) is 4.67. The number of phosphoric acid groups is 1. The van der Waals surface area contributed by atoms with Gasteiger partial charge in [0.15, 0.2) is 0 Å². The first-order valence-electron chi connectivity index (χ1n) is 14.3. The van der Waals surface area contributed by atoms with Crippen molar-refractivity contribution in [2.24, 2.45) is 0 Å². The molecule has 5 N–H and O–H groups in total. The number of hydrogen-bond donors (Lipinski definition) is 5. The van der Waals surface area contributed by atoms with Crippen LogP contribution in [-0.4, -0.2) is 97.2 Å². The Balaban J connectivity index is 1.48. The summed E-state index contributed by atoms with van der Waals surface area (Å²) in [4.78, 5) is 57.2. The molecular formula is C29H35Cl2N8O8P. The fraction of sp³-hybridized carbons (Fsp3) is 0.310.